The van der Waals surface area contributed by atoms with Crippen molar-refractivity contribution in [3.8, 4) is 0 Å². The van der Waals surface area contributed by atoms with E-state index < -0.39 is 4.92 Å². The fraction of sp³-hybridized carbons (Fsp3) is 0.250. The van der Waals surface area contributed by atoms with Gasteiger partial charge in [0, 0.05) is 49.4 Å². The minimum absolute atomic E-state index is 0.0518. The van der Waals surface area contributed by atoms with E-state index in [1.54, 1.807) is 35.4 Å². The highest BCUT2D eigenvalue weighted by Crippen LogP contribution is 2.20. The number of amides is 1. The van der Waals surface area contributed by atoms with Crippen molar-refractivity contribution in [3.63, 3.8) is 0 Å². The molecule has 29 heavy (non-hydrogen) atoms. The number of nitro groups is 1. The highest BCUT2D eigenvalue weighted by atomic mass is 16.6. The fourth-order valence-corrected chi connectivity index (χ4v) is 3.47. The molecule has 4 rings (SSSR count). The third-order valence-electron chi connectivity index (χ3n) is 5.10. The molecule has 0 spiro atoms. The van der Waals surface area contributed by atoms with Crippen LogP contribution in [0.15, 0.2) is 59.5 Å². The second-order valence-corrected chi connectivity index (χ2v) is 6.84. The maximum absolute atomic E-state index is 12.7. The van der Waals surface area contributed by atoms with Gasteiger partial charge in [-0.05, 0) is 18.2 Å². The summed E-state index contributed by atoms with van der Waals surface area (Å²) in [6.45, 7) is 2.16. The predicted molar refractivity (Wildman–Crippen MR) is 108 cm³/mol. The van der Waals surface area contributed by atoms with Gasteiger partial charge in [0.2, 0.25) is 5.91 Å². The van der Waals surface area contributed by atoms with Crippen molar-refractivity contribution in [1.82, 2.24) is 14.7 Å². The number of carbonyl (C=O) groups is 1. The molecule has 0 aliphatic carbocycles. The predicted octanol–water partition coefficient (Wildman–Crippen LogP) is 1.65. The van der Waals surface area contributed by atoms with Gasteiger partial charge in [0.05, 0.1) is 16.5 Å². The Morgan fingerprint density at radius 1 is 1.03 bits per heavy atom. The zero-order chi connectivity index (χ0) is 20.4. The molecule has 148 valence electrons. The van der Waals surface area contributed by atoms with Gasteiger partial charge in [-0.15, -0.1) is 0 Å². The molecule has 1 amide bonds. The van der Waals surface area contributed by atoms with Gasteiger partial charge in [-0.1, -0.05) is 18.2 Å². The van der Waals surface area contributed by atoms with E-state index >= 15 is 0 Å². The van der Waals surface area contributed by atoms with E-state index in [0.717, 1.165) is 11.1 Å². The summed E-state index contributed by atoms with van der Waals surface area (Å²) in [7, 11) is 0. The highest BCUT2D eigenvalue weighted by molar-refractivity contribution is 5.81. The molecule has 2 heterocycles. The maximum Gasteiger partial charge on any atom is 0.275 e. The lowest BCUT2D eigenvalue weighted by molar-refractivity contribution is -0.384. The zero-order valence-electron chi connectivity index (χ0n) is 15.6. The third kappa shape index (κ3) is 3.79. The lowest BCUT2D eigenvalue weighted by atomic mass is 10.2. The van der Waals surface area contributed by atoms with Crippen LogP contribution in [-0.2, 0) is 11.3 Å². The molecular formula is C20H19N5O4. The van der Waals surface area contributed by atoms with Gasteiger partial charge in [0.25, 0.3) is 11.2 Å². The molecular weight excluding hydrogens is 374 g/mol. The number of hydrogen-bond donors (Lipinski definition) is 0. The van der Waals surface area contributed by atoms with E-state index in [4.69, 9.17) is 0 Å². The first-order valence-corrected chi connectivity index (χ1v) is 9.25. The van der Waals surface area contributed by atoms with Crippen molar-refractivity contribution in [2.24, 2.45) is 0 Å². The van der Waals surface area contributed by atoms with Gasteiger partial charge in [-0.2, -0.15) is 5.10 Å². The summed E-state index contributed by atoms with van der Waals surface area (Å²) >= 11 is 0. The number of nitrogens with zero attached hydrogens (tertiary/aromatic N) is 5. The number of rotatable bonds is 4. The smallest absolute Gasteiger partial charge is 0.275 e. The van der Waals surface area contributed by atoms with Crippen LogP contribution in [0.3, 0.4) is 0 Å². The number of anilines is 1. The lowest BCUT2D eigenvalue weighted by Gasteiger charge is -2.36. The van der Waals surface area contributed by atoms with Crippen LogP contribution in [0.2, 0.25) is 0 Å². The van der Waals surface area contributed by atoms with E-state index in [9.17, 15) is 19.7 Å². The van der Waals surface area contributed by atoms with Crippen molar-refractivity contribution in [1.29, 1.82) is 0 Å². The summed E-state index contributed by atoms with van der Waals surface area (Å²) < 4.78 is 1.20. The number of non-ortho nitro benzene ring substituents is 1. The van der Waals surface area contributed by atoms with E-state index in [0.29, 0.717) is 31.6 Å². The molecule has 3 aromatic rings. The van der Waals surface area contributed by atoms with Gasteiger partial charge < -0.3 is 9.80 Å². The number of fused-ring (bicyclic) bond motifs is 1. The Morgan fingerprint density at radius 3 is 2.41 bits per heavy atom. The minimum Gasteiger partial charge on any atom is -0.368 e. The van der Waals surface area contributed by atoms with Crippen LogP contribution in [0.4, 0.5) is 11.4 Å². The van der Waals surface area contributed by atoms with Crippen LogP contribution in [-0.4, -0.2) is 51.7 Å². The van der Waals surface area contributed by atoms with Gasteiger partial charge in [0.15, 0.2) is 0 Å². The van der Waals surface area contributed by atoms with Gasteiger partial charge in [-0.3, -0.25) is 19.7 Å². The molecule has 1 aliphatic rings. The fourth-order valence-electron chi connectivity index (χ4n) is 3.47. The largest absolute Gasteiger partial charge is 0.368 e. The quantitative estimate of drug-likeness (QED) is 0.493. The third-order valence-corrected chi connectivity index (χ3v) is 5.10. The van der Waals surface area contributed by atoms with Crippen molar-refractivity contribution >= 4 is 28.1 Å². The first-order chi connectivity index (χ1) is 14.0. The van der Waals surface area contributed by atoms with Crippen molar-refractivity contribution in [2.75, 3.05) is 31.1 Å². The summed E-state index contributed by atoms with van der Waals surface area (Å²) in [4.78, 5) is 39.3. The van der Waals surface area contributed by atoms with Gasteiger partial charge in [-0.25, -0.2) is 4.68 Å². The number of aromatic nitrogens is 2. The first-order valence-electron chi connectivity index (χ1n) is 9.25. The molecule has 1 aliphatic heterocycles. The molecule has 9 heteroatoms. The molecule has 0 atom stereocenters. The normalized spacial score (nSPS) is 14.2. The lowest BCUT2D eigenvalue weighted by Crippen LogP contribution is -2.50. The molecule has 1 fully saturated rings. The van der Waals surface area contributed by atoms with E-state index in [2.05, 4.69) is 10.00 Å². The average molecular weight is 393 g/mol. The molecule has 0 unspecified atom stereocenters. The number of carbonyl (C=O) groups excluding carboxylic acids is 1. The summed E-state index contributed by atoms with van der Waals surface area (Å²) in [5, 5.41) is 16.2. The topological polar surface area (TPSA) is 102 Å². The summed E-state index contributed by atoms with van der Waals surface area (Å²) in [6.07, 6.45) is 1.59. The molecule has 2 aromatic carbocycles. The molecule has 0 radical (unpaired) electrons. The van der Waals surface area contributed by atoms with Crippen molar-refractivity contribution in [3.05, 3.63) is 75.2 Å². The van der Waals surface area contributed by atoms with E-state index in [1.807, 2.05) is 12.1 Å². The Bertz CT molecular complexity index is 1120. The number of benzene rings is 2. The van der Waals surface area contributed by atoms with Crippen LogP contribution < -0.4 is 10.5 Å². The van der Waals surface area contributed by atoms with Crippen molar-refractivity contribution in [2.45, 2.75) is 6.54 Å². The Morgan fingerprint density at radius 2 is 1.72 bits per heavy atom. The molecule has 1 saturated heterocycles. The van der Waals surface area contributed by atoms with Crippen LogP contribution in [0, 0.1) is 10.1 Å². The second-order valence-electron chi connectivity index (χ2n) is 6.84. The average Bonchev–Trinajstić information content (AvgIpc) is 2.76. The monoisotopic (exact) mass is 393 g/mol. The van der Waals surface area contributed by atoms with Crippen LogP contribution in [0.5, 0.6) is 0 Å². The summed E-state index contributed by atoms with van der Waals surface area (Å²) in [5.41, 5.74) is 0.659. The Hall–Kier alpha value is -3.75. The first kappa shape index (κ1) is 18.6. The molecule has 0 bridgehead atoms. The van der Waals surface area contributed by atoms with Gasteiger partial charge >= 0.3 is 0 Å². The Labute approximate surface area is 165 Å². The highest BCUT2D eigenvalue weighted by Gasteiger charge is 2.22. The molecule has 0 saturated carbocycles. The van der Waals surface area contributed by atoms with Gasteiger partial charge in [0.1, 0.15) is 6.54 Å². The standard InChI is InChI=1S/C20H19N5O4/c26-19(14-24-20(27)18-4-2-1-3-15(18)13-21-24)23-11-9-22(10-12-23)16-5-7-17(8-6-16)25(28)29/h1-8,13H,9-12,14H2. The molecule has 1 aromatic heterocycles. The van der Waals surface area contributed by atoms with Crippen LogP contribution in [0.1, 0.15) is 0 Å². The van der Waals surface area contributed by atoms with Crippen molar-refractivity contribution < 1.29 is 9.72 Å². The Balaban J connectivity index is 1.40. The SMILES string of the molecule is O=C(Cn1ncc2ccccc2c1=O)N1CCN(c2ccc([N+](=O)[O-])cc2)CC1. The number of piperazine rings is 1. The van der Waals surface area contributed by atoms with Crippen LogP contribution >= 0.6 is 0 Å². The summed E-state index contributed by atoms with van der Waals surface area (Å²) in [6, 6.07) is 13.5. The number of hydrogen-bond acceptors (Lipinski definition) is 6. The number of nitro benzene ring substituents is 1. The minimum atomic E-state index is -0.427. The van der Waals surface area contributed by atoms with Crippen LogP contribution in [0.25, 0.3) is 10.8 Å². The van der Waals surface area contributed by atoms with E-state index in [-0.39, 0.29) is 23.7 Å². The maximum atomic E-state index is 12.7. The second kappa shape index (κ2) is 7.70. The Kier molecular flexibility index (Phi) is 4.94. The van der Waals surface area contributed by atoms with E-state index in [1.165, 1.54) is 16.8 Å². The molecule has 0 N–H and O–H groups in total. The zero-order valence-corrected chi connectivity index (χ0v) is 15.6. The summed E-state index contributed by atoms with van der Waals surface area (Å²) in [5.74, 6) is -0.154. The molecule has 9 nitrogen and oxygen atoms in total.